The van der Waals surface area contributed by atoms with Crippen LogP contribution < -0.4 is 10.1 Å². The molecule has 0 saturated carbocycles. The highest BCUT2D eigenvalue weighted by Gasteiger charge is 2.29. The number of pyridine rings is 1. The lowest BCUT2D eigenvalue weighted by Gasteiger charge is -2.30. The third-order valence-corrected chi connectivity index (χ3v) is 3.76. The molecule has 7 nitrogen and oxygen atoms in total. The Bertz CT molecular complexity index is 616. The number of rotatable bonds is 5. The van der Waals surface area contributed by atoms with Crippen molar-refractivity contribution < 1.29 is 32.6 Å². The fraction of sp³-hybridized carbons (Fsp3) is 0.533. The molecule has 1 saturated heterocycles. The largest absolute Gasteiger partial charge is 0.481 e. The van der Waals surface area contributed by atoms with E-state index in [-0.39, 0.29) is 18.5 Å². The molecule has 2 rings (SSSR count). The van der Waals surface area contributed by atoms with Gasteiger partial charge in [-0.15, -0.1) is 0 Å². The number of carboxylic acid groups (broad SMARTS) is 1. The van der Waals surface area contributed by atoms with Gasteiger partial charge in [0.05, 0.1) is 5.92 Å². The van der Waals surface area contributed by atoms with Crippen molar-refractivity contribution in [2.24, 2.45) is 5.92 Å². The maximum absolute atomic E-state index is 12.1. The normalized spacial score (nSPS) is 15.7. The van der Waals surface area contributed by atoms with E-state index in [0.29, 0.717) is 31.5 Å². The van der Waals surface area contributed by atoms with Crippen LogP contribution in [0.3, 0.4) is 0 Å². The van der Waals surface area contributed by atoms with E-state index in [9.17, 15) is 22.8 Å². The Morgan fingerprint density at radius 1 is 1.36 bits per heavy atom. The molecule has 1 aliphatic heterocycles. The molecule has 2 amide bonds. The summed E-state index contributed by atoms with van der Waals surface area (Å²) < 4.78 is 40.9. The van der Waals surface area contributed by atoms with Gasteiger partial charge in [-0.2, -0.15) is 13.2 Å². The number of carboxylic acids is 1. The highest BCUT2D eigenvalue weighted by molar-refractivity contribution is 5.75. The molecule has 0 aliphatic carbocycles. The predicted octanol–water partition coefficient (Wildman–Crippen LogP) is 2.03. The van der Waals surface area contributed by atoms with Gasteiger partial charge in [-0.3, -0.25) is 4.79 Å². The number of urea groups is 1. The van der Waals surface area contributed by atoms with E-state index in [1.807, 2.05) is 0 Å². The molecule has 0 unspecified atom stereocenters. The number of nitrogens with one attached hydrogen (secondary N) is 1. The second-order valence-electron chi connectivity index (χ2n) is 5.66. The van der Waals surface area contributed by atoms with Crippen LogP contribution in [0.25, 0.3) is 0 Å². The minimum absolute atomic E-state index is 0.0998. The molecule has 1 fully saturated rings. The number of hydrogen-bond donors (Lipinski definition) is 2. The van der Waals surface area contributed by atoms with E-state index in [2.05, 4.69) is 15.0 Å². The van der Waals surface area contributed by atoms with Gasteiger partial charge in [0.2, 0.25) is 5.88 Å². The third-order valence-electron chi connectivity index (χ3n) is 3.76. The van der Waals surface area contributed by atoms with Crippen molar-refractivity contribution >= 4 is 12.0 Å². The first-order valence-electron chi connectivity index (χ1n) is 7.64. The lowest BCUT2D eigenvalue weighted by Crippen LogP contribution is -2.45. The maximum Gasteiger partial charge on any atom is 0.422 e. The van der Waals surface area contributed by atoms with E-state index in [4.69, 9.17) is 5.11 Å². The molecule has 25 heavy (non-hydrogen) atoms. The van der Waals surface area contributed by atoms with Crippen LogP contribution in [0.15, 0.2) is 18.3 Å². The van der Waals surface area contributed by atoms with Crippen LogP contribution in [0.4, 0.5) is 18.0 Å². The maximum atomic E-state index is 12.1. The average Bonchev–Trinajstić information content (AvgIpc) is 2.58. The summed E-state index contributed by atoms with van der Waals surface area (Å²) in [5.74, 6) is -1.47. The Balaban J connectivity index is 1.81. The predicted molar refractivity (Wildman–Crippen MR) is 80.0 cm³/mol. The van der Waals surface area contributed by atoms with Gasteiger partial charge in [-0.1, -0.05) is 0 Å². The fourth-order valence-corrected chi connectivity index (χ4v) is 2.41. The van der Waals surface area contributed by atoms with E-state index in [1.165, 1.54) is 17.2 Å². The summed E-state index contributed by atoms with van der Waals surface area (Å²) in [6.45, 7) is -0.644. The third kappa shape index (κ3) is 6.12. The Kier molecular flexibility index (Phi) is 6.05. The van der Waals surface area contributed by atoms with E-state index >= 15 is 0 Å². The number of nitrogens with zero attached hydrogens (tertiary/aromatic N) is 2. The highest BCUT2D eigenvalue weighted by atomic mass is 19.4. The summed E-state index contributed by atoms with van der Waals surface area (Å²) in [5, 5.41) is 11.6. The number of alkyl halides is 3. The molecule has 2 heterocycles. The van der Waals surface area contributed by atoms with Crippen molar-refractivity contribution in [3.05, 3.63) is 23.9 Å². The summed E-state index contributed by atoms with van der Waals surface area (Å²) in [5.41, 5.74) is 0.543. The van der Waals surface area contributed by atoms with Gasteiger partial charge in [0.1, 0.15) is 0 Å². The zero-order valence-electron chi connectivity index (χ0n) is 13.3. The van der Waals surface area contributed by atoms with Gasteiger partial charge in [0.15, 0.2) is 6.61 Å². The Hall–Kier alpha value is -2.52. The quantitative estimate of drug-likeness (QED) is 0.837. The zero-order chi connectivity index (χ0) is 18.4. The van der Waals surface area contributed by atoms with Crippen molar-refractivity contribution in [3.63, 3.8) is 0 Å². The number of carbonyl (C=O) groups excluding carboxylic acids is 1. The number of ether oxygens (including phenoxy) is 1. The second-order valence-corrected chi connectivity index (χ2v) is 5.66. The van der Waals surface area contributed by atoms with Crippen LogP contribution in [-0.2, 0) is 11.3 Å². The summed E-state index contributed by atoms with van der Waals surface area (Å²) in [4.78, 5) is 28.1. The molecule has 1 aliphatic rings. The molecule has 0 spiro atoms. The summed E-state index contributed by atoms with van der Waals surface area (Å²) >= 11 is 0. The van der Waals surface area contributed by atoms with Crippen molar-refractivity contribution in [2.75, 3.05) is 19.7 Å². The number of amides is 2. The lowest BCUT2D eigenvalue weighted by molar-refractivity contribution is -0.154. The first-order chi connectivity index (χ1) is 11.7. The van der Waals surface area contributed by atoms with E-state index in [1.54, 1.807) is 6.07 Å². The van der Waals surface area contributed by atoms with Crippen LogP contribution in [0.5, 0.6) is 5.88 Å². The number of aliphatic carboxylic acids is 1. The minimum atomic E-state index is -4.45. The average molecular weight is 361 g/mol. The lowest BCUT2D eigenvalue weighted by atomic mass is 9.97. The fourth-order valence-electron chi connectivity index (χ4n) is 2.41. The number of hydrogen-bond acceptors (Lipinski definition) is 4. The van der Waals surface area contributed by atoms with Crippen molar-refractivity contribution in [3.8, 4) is 5.88 Å². The molecule has 2 N–H and O–H groups in total. The number of piperidine rings is 1. The van der Waals surface area contributed by atoms with Crippen LogP contribution in [-0.4, -0.2) is 52.9 Å². The Morgan fingerprint density at radius 2 is 2.04 bits per heavy atom. The summed E-state index contributed by atoms with van der Waals surface area (Å²) in [6.07, 6.45) is -2.36. The van der Waals surface area contributed by atoms with Crippen molar-refractivity contribution in [1.82, 2.24) is 15.2 Å². The first kappa shape index (κ1) is 18.8. The molecule has 10 heteroatoms. The van der Waals surface area contributed by atoms with Gasteiger partial charge in [0, 0.05) is 31.9 Å². The second kappa shape index (κ2) is 8.04. The molecule has 0 aromatic carbocycles. The van der Waals surface area contributed by atoms with Crippen LogP contribution >= 0.6 is 0 Å². The van der Waals surface area contributed by atoms with Crippen LogP contribution in [0.2, 0.25) is 0 Å². The smallest absolute Gasteiger partial charge is 0.422 e. The molecule has 0 radical (unpaired) electrons. The number of likely N-dealkylation sites (tertiary alicyclic amines) is 1. The molecular weight excluding hydrogens is 343 g/mol. The van der Waals surface area contributed by atoms with Gasteiger partial charge in [-0.25, -0.2) is 9.78 Å². The van der Waals surface area contributed by atoms with Crippen molar-refractivity contribution in [2.45, 2.75) is 25.6 Å². The standard InChI is InChI=1S/C15H18F3N3O4/c16-15(17,18)9-25-12-7-10(1-4-19-12)8-20-14(24)21-5-2-11(3-6-21)13(22)23/h1,4,7,11H,2-3,5-6,8-9H2,(H,20,24)(H,22,23). The minimum Gasteiger partial charge on any atom is -0.481 e. The van der Waals surface area contributed by atoms with Gasteiger partial charge < -0.3 is 20.1 Å². The monoisotopic (exact) mass is 361 g/mol. The van der Waals surface area contributed by atoms with Crippen molar-refractivity contribution in [1.29, 1.82) is 0 Å². The highest BCUT2D eigenvalue weighted by Crippen LogP contribution is 2.18. The Labute approximate surface area is 141 Å². The SMILES string of the molecule is O=C(O)C1CCN(C(=O)NCc2ccnc(OCC(F)(F)F)c2)CC1. The van der Waals surface area contributed by atoms with E-state index < -0.39 is 24.7 Å². The number of carbonyl (C=O) groups is 2. The van der Waals surface area contributed by atoms with Gasteiger partial charge in [0.25, 0.3) is 0 Å². The summed E-state index contributed by atoms with van der Waals surface area (Å²) in [7, 11) is 0. The first-order valence-corrected chi connectivity index (χ1v) is 7.64. The topological polar surface area (TPSA) is 91.8 Å². The molecule has 0 bridgehead atoms. The van der Waals surface area contributed by atoms with E-state index in [0.717, 1.165) is 0 Å². The van der Waals surface area contributed by atoms with Crippen LogP contribution in [0.1, 0.15) is 18.4 Å². The van der Waals surface area contributed by atoms with Gasteiger partial charge in [-0.05, 0) is 24.5 Å². The summed E-state index contributed by atoms with van der Waals surface area (Å²) in [6, 6.07) is 2.53. The van der Waals surface area contributed by atoms with Gasteiger partial charge >= 0.3 is 18.2 Å². The number of halogens is 3. The molecule has 0 atom stereocenters. The molecule has 1 aromatic heterocycles. The molecule has 1 aromatic rings. The molecular formula is C15H18F3N3O4. The van der Waals surface area contributed by atoms with Crippen LogP contribution in [0, 0.1) is 5.92 Å². The zero-order valence-corrected chi connectivity index (χ0v) is 13.3. The Morgan fingerprint density at radius 3 is 2.64 bits per heavy atom. The number of aromatic nitrogens is 1. The molecule has 138 valence electrons.